The molecule has 140 valence electrons. The third-order valence-electron chi connectivity index (χ3n) is 6.30. The topological polar surface area (TPSA) is 95.5 Å². The minimum atomic E-state index is -0.754. The van der Waals surface area contributed by atoms with Crippen LogP contribution >= 0.6 is 0 Å². The lowest BCUT2D eigenvalue weighted by Crippen LogP contribution is -2.44. The predicted molar refractivity (Wildman–Crippen MR) is 92.8 cm³/mol. The summed E-state index contributed by atoms with van der Waals surface area (Å²) in [4.78, 5) is 35.6. The number of rotatable bonds is 5. The minimum absolute atomic E-state index is 0.00325. The Morgan fingerprint density at radius 3 is 1.68 bits per heavy atom. The standard InChI is InChI=1S/C19H30N2O4/c22-17(12-3-1-2-4-12)20-15-8-5-13(6-9-15)18(23)21-16-10-7-14(11-16)19(24)25/h12-16H,1-11H2,(H,20,22)(H,21,23)(H,24,25)/t13?,14-,15?,16+/m1/s1. The van der Waals surface area contributed by atoms with Gasteiger partial charge in [-0.15, -0.1) is 0 Å². The molecule has 6 heteroatoms. The summed E-state index contributed by atoms with van der Waals surface area (Å²) < 4.78 is 0. The van der Waals surface area contributed by atoms with Gasteiger partial charge < -0.3 is 15.7 Å². The minimum Gasteiger partial charge on any atom is -0.481 e. The van der Waals surface area contributed by atoms with E-state index >= 15 is 0 Å². The van der Waals surface area contributed by atoms with E-state index in [-0.39, 0.29) is 41.7 Å². The molecule has 0 saturated heterocycles. The van der Waals surface area contributed by atoms with Crippen molar-refractivity contribution in [3.63, 3.8) is 0 Å². The molecule has 0 aromatic heterocycles. The monoisotopic (exact) mass is 350 g/mol. The Hall–Kier alpha value is -1.59. The van der Waals surface area contributed by atoms with Crippen molar-refractivity contribution in [1.29, 1.82) is 0 Å². The fourth-order valence-electron chi connectivity index (χ4n) is 4.66. The molecule has 0 aromatic rings. The van der Waals surface area contributed by atoms with Crippen LogP contribution in [0.15, 0.2) is 0 Å². The number of carboxylic acids is 1. The Bertz CT molecular complexity index is 508. The molecule has 2 amide bonds. The molecule has 0 bridgehead atoms. The lowest BCUT2D eigenvalue weighted by Gasteiger charge is -2.30. The van der Waals surface area contributed by atoms with Crippen LogP contribution in [-0.2, 0) is 14.4 Å². The van der Waals surface area contributed by atoms with Crippen LogP contribution in [0.1, 0.15) is 70.6 Å². The molecule has 0 heterocycles. The molecule has 0 radical (unpaired) electrons. The van der Waals surface area contributed by atoms with E-state index in [1.807, 2.05) is 0 Å². The highest BCUT2D eigenvalue weighted by Crippen LogP contribution is 2.29. The zero-order chi connectivity index (χ0) is 17.8. The molecule has 3 N–H and O–H groups in total. The number of carboxylic acid groups (broad SMARTS) is 1. The molecule has 0 spiro atoms. The maximum Gasteiger partial charge on any atom is 0.306 e. The molecule has 0 aliphatic heterocycles. The van der Waals surface area contributed by atoms with Crippen molar-refractivity contribution in [1.82, 2.24) is 10.6 Å². The van der Waals surface area contributed by atoms with Crippen LogP contribution in [0.4, 0.5) is 0 Å². The van der Waals surface area contributed by atoms with E-state index in [1.54, 1.807) is 0 Å². The van der Waals surface area contributed by atoms with E-state index in [0.29, 0.717) is 12.8 Å². The van der Waals surface area contributed by atoms with Crippen LogP contribution in [0.25, 0.3) is 0 Å². The maximum absolute atomic E-state index is 12.4. The van der Waals surface area contributed by atoms with Crippen molar-refractivity contribution in [2.45, 2.75) is 82.7 Å². The first-order valence-electron chi connectivity index (χ1n) is 9.86. The molecule has 3 aliphatic carbocycles. The van der Waals surface area contributed by atoms with Gasteiger partial charge in [0, 0.05) is 23.9 Å². The number of carbonyl (C=O) groups is 3. The quantitative estimate of drug-likeness (QED) is 0.708. The van der Waals surface area contributed by atoms with Crippen molar-refractivity contribution in [3.05, 3.63) is 0 Å². The molecule has 3 fully saturated rings. The van der Waals surface area contributed by atoms with E-state index in [2.05, 4.69) is 10.6 Å². The van der Waals surface area contributed by atoms with Crippen molar-refractivity contribution < 1.29 is 19.5 Å². The van der Waals surface area contributed by atoms with E-state index in [0.717, 1.165) is 57.8 Å². The summed E-state index contributed by atoms with van der Waals surface area (Å²) >= 11 is 0. The first-order chi connectivity index (χ1) is 12.0. The zero-order valence-electron chi connectivity index (χ0n) is 14.8. The first kappa shape index (κ1) is 18.2. The Morgan fingerprint density at radius 2 is 1.12 bits per heavy atom. The summed E-state index contributed by atoms with van der Waals surface area (Å²) in [6.07, 6.45) is 9.64. The highest BCUT2D eigenvalue weighted by atomic mass is 16.4. The number of hydrogen-bond donors (Lipinski definition) is 3. The third kappa shape index (κ3) is 4.73. The predicted octanol–water partition coefficient (Wildman–Crippen LogP) is 2.22. The molecule has 3 saturated carbocycles. The SMILES string of the molecule is O=C(NC1CCC(C(=O)N[C@H]2CC[C@@H](C(=O)O)C2)CC1)C1CCCC1. The fourth-order valence-corrected chi connectivity index (χ4v) is 4.66. The van der Waals surface area contributed by atoms with Gasteiger partial charge in [-0.1, -0.05) is 12.8 Å². The second-order valence-corrected chi connectivity index (χ2v) is 8.09. The fraction of sp³-hybridized carbons (Fsp3) is 0.842. The van der Waals surface area contributed by atoms with Crippen molar-refractivity contribution in [2.75, 3.05) is 0 Å². The summed E-state index contributed by atoms with van der Waals surface area (Å²) in [5, 5.41) is 15.3. The van der Waals surface area contributed by atoms with Gasteiger partial charge in [-0.25, -0.2) is 0 Å². The second-order valence-electron chi connectivity index (χ2n) is 8.09. The van der Waals surface area contributed by atoms with Crippen molar-refractivity contribution in [2.24, 2.45) is 17.8 Å². The lowest BCUT2D eigenvalue weighted by molar-refractivity contribution is -0.141. The molecular formula is C19H30N2O4. The molecule has 6 nitrogen and oxygen atoms in total. The van der Waals surface area contributed by atoms with Crippen LogP contribution in [0.3, 0.4) is 0 Å². The number of hydrogen-bond acceptors (Lipinski definition) is 3. The molecule has 25 heavy (non-hydrogen) atoms. The Labute approximate surface area is 149 Å². The van der Waals surface area contributed by atoms with Crippen LogP contribution in [-0.4, -0.2) is 35.0 Å². The van der Waals surface area contributed by atoms with Crippen LogP contribution in [0.5, 0.6) is 0 Å². The largest absolute Gasteiger partial charge is 0.481 e. The van der Waals surface area contributed by atoms with Gasteiger partial charge >= 0.3 is 5.97 Å². The number of amides is 2. The van der Waals surface area contributed by atoms with Gasteiger partial charge in [0.25, 0.3) is 0 Å². The van der Waals surface area contributed by atoms with E-state index < -0.39 is 5.97 Å². The number of aliphatic carboxylic acids is 1. The van der Waals surface area contributed by atoms with E-state index in [9.17, 15) is 14.4 Å². The highest BCUT2D eigenvalue weighted by Gasteiger charge is 2.34. The van der Waals surface area contributed by atoms with Gasteiger partial charge in [0.1, 0.15) is 0 Å². The molecule has 0 aromatic carbocycles. The average molecular weight is 350 g/mol. The van der Waals surface area contributed by atoms with Gasteiger partial charge in [0.15, 0.2) is 0 Å². The van der Waals surface area contributed by atoms with Gasteiger partial charge in [-0.3, -0.25) is 14.4 Å². The molecular weight excluding hydrogens is 320 g/mol. The number of carbonyl (C=O) groups excluding carboxylic acids is 2. The van der Waals surface area contributed by atoms with E-state index in [1.165, 1.54) is 0 Å². The summed E-state index contributed by atoms with van der Waals surface area (Å²) in [5.41, 5.74) is 0. The average Bonchev–Trinajstić information content (AvgIpc) is 3.27. The van der Waals surface area contributed by atoms with Gasteiger partial charge in [0.05, 0.1) is 5.92 Å². The summed E-state index contributed by atoms with van der Waals surface area (Å²) in [7, 11) is 0. The smallest absolute Gasteiger partial charge is 0.306 e. The maximum atomic E-state index is 12.4. The Morgan fingerprint density at radius 1 is 0.640 bits per heavy atom. The van der Waals surface area contributed by atoms with Crippen LogP contribution in [0.2, 0.25) is 0 Å². The van der Waals surface area contributed by atoms with Crippen molar-refractivity contribution >= 4 is 17.8 Å². The molecule has 3 aliphatic rings. The lowest BCUT2D eigenvalue weighted by atomic mass is 9.85. The summed E-state index contributed by atoms with van der Waals surface area (Å²) in [6, 6.07) is 0.216. The normalized spacial score (nSPS) is 33.1. The molecule has 3 rings (SSSR count). The summed E-state index contributed by atoms with van der Waals surface area (Å²) in [6.45, 7) is 0. The Kier molecular flexibility index (Phi) is 5.97. The van der Waals surface area contributed by atoms with Crippen LogP contribution < -0.4 is 10.6 Å². The Balaban J connectivity index is 1.37. The first-order valence-corrected chi connectivity index (χ1v) is 9.86. The van der Waals surface area contributed by atoms with Gasteiger partial charge in [-0.05, 0) is 57.8 Å². The highest BCUT2D eigenvalue weighted by molar-refractivity contribution is 5.80. The van der Waals surface area contributed by atoms with Gasteiger partial charge in [0.2, 0.25) is 11.8 Å². The molecule has 2 atom stereocenters. The molecule has 0 unspecified atom stereocenters. The van der Waals surface area contributed by atoms with Gasteiger partial charge in [-0.2, -0.15) is 0 Å². The van der Waals surface area contributed by atoms with Crippen LogP contribution in [0, 0.1) is 17.8 Å². The second kappa shape index (κ2) is 8.19. The van der Waals surface area contributed by atoms with E-state index in [4.69, 9.17) is 5.11 Å². The number of nitrogens with one attached hydrogen (secondary N) is 2. The zero-order valence-corrected chi connectivity index (χ0v) is 14.8. The van der Waals surface area contributed by atoms with Crippen molar-refractivity contribution in [3.8, 4) is 0 Å². The third-order valence-corrected chi connectivity index (χ3v) is 6.30. The summed E-state index contributed by atoms with van der Waals surface area (Å²) in [5.74, 6) is -0.594.